The van der Waals surface area contributed by atoms with E-state index in [-0.39, 0.29) is 5.91 Å². The maximum atomic E-state index is 11.9. The van der Waals surface area contributed by atoms with Crippen molar-refractivity contribution in [3.05, 3.63) is 65.7 Å². The largest absolute Gasteiger partial charge is 0.496 e. The van der Waals surface area contributed by atoms with Gasteiger partial charge in [0.1, 0.15) is 5.75 Å². The van der Waals surface area contributed by atoms with Gasteiger partial charge in [-0.1, -0.05) is 42.5 Å². The van der Waals surface area contributed by atoms with Crippen LogP contribution in [0.25, 0.3) is 0 Å². The Balaban J connectivity index is 1.92. The van der Waals surface area contributed by atoms with Crippen LogP contribution in [0, 0.1) is 0 Å². The van der Waals surface area contributed by atoms with Crippen LogP contribution < -0.4 is 10.2 Å². The predicted octanol–water partition coefficient (Wildman–Crippen LogP) is 2.65. The molecule has 0 bridgehead atoms. The molecule has 0 aromatic heterocycles. The molecule has 0 aliphatic heterocycles. The number of methoxy groups -OCH3 is 1. The van der Waals surface area contributed by atoms with E-state index in [1.807, 2.05) is 36.4 Å². The molecule has 0 aliphatic carbocycles. The lowest BCUT2D eigenvalue weighted by atomic mass is 10.2. The molecule has 0 atom stereocenters. The number of nitrogens with zero attached hydrogens (tertiary/aromatic N) is 1. The third-order valence-corrected chi connectivity index (χ3v) is 2.78. The van der Waals surface area contributed by atoms with Crippen LogP contribution in [0.5, 0.6) is 5.75 Å². The number of ether oxygens (including phenoxy) is 1. The van der Waals surface area contributed by atoms with Gasteiger partial charge in [-0.05, 0) is 17.7 Å². The quantitative estimate of drug-likeness (QED) is 0.669. The molecule has 20 heavy (non-hydrogen) atoms. The summed E-state index contributed by atoms with van der Waals surface area (Å²) in [5.41, 5.74) is 4.10. The molecule has 0 saturated heterocycles. The van der Waals surface area contributed by atoms with Crippen LogP contribution in [-0.2, 0) is 6.42 Å². The van der Waals surface area contributed by atoms with Crippen LogP contribution in [0.2, 0.25) is 0 Å². The Morgan fingerprint density at radius 3 is 2.60 bits per heavy atom. The first-order valence-corrected chi connectivity index (χ1v) is 6.30. The topological polar surface area (TPSA) is 50.7 Å². The normalized spacial score (nSPS) is 10.4. The van der Waals surface area contributed by atoms with E-state index in [1.54, 1.807) is 24.4 Å². The molecule has 102 valence electrons. The average Bonchev–Trinajstić information content (AvgIpc) is 2.52. The van der Waals surface area contributed by atoms with Crippen molar-refractivity contribution in [2.24, 2.45) is 5.10 Å². The molecule has 2 aromatic rings. The molecular weight excluding hydrogens is 252 g/mol. The lowest BCUT2D eigenvalue weighted by molar-refractivity contribution is 0.0952. The molecule has 0 saturated carbocycles. The molecule has 4 heteroatoms. The summed E-state index contributed by atoms with van der Waals surface area (Å²) in [5.74, 6) is 0.245. The summed E-state index contributed by atoms with van der Waals surface area (Å²) in [4.78, 5) is 11.9. The third-order valence-electron chi connectivity index (χ3n) is 2.78. The number of nitrogens with one attached hydrogen (secondary N) is 1. The van der Waals surface area contributed by atoms with Gasteiger partial charge < -0.3 is 4.74 Å². The highest BCUT2D eigenvalue weighted by Gasteiger charge is 2.09. The summed E-state index contributed by atoms with van der Waals surface area (Å²) in [6, 6.07) is 16.9. The molecule has 2 aromatic carbocycles. The number of hydrazone groups is 1. The number of carbonyl (C=O) groups excluding carboxylic acids is 1. The van der Waals surface area contributed by atoms with Gasteiger partial charge >= 0.3 is 0 Å². The van der Waals surface area contributed by atoms with Crippen molar-refractivity contribution in [2.45, 2.75) is 6.42 Å². The van der Waals surface area contributed by atoms with E-state index in [2.05, 4.69) is 10.5 Å². The van der Waals surface area contributed by atoms with E-state index in [1.165, 1.54) is 7.11 Å². The van der Waals surface area contributed by atoms with Gasteiger partial charge in [0.2, 0.25) is 0 Å². The summed E-state index contributed by atoms with van der Waals surface area (Å²) in [7, 11) is 1.53. The summed E-state index contributed by atoms with van der Waals surface area (Å²) < 4.78 is 5.13. The van der Waals surface area contributed by atoms with Crippen molar-refractivity contribution in [1.82, 2.24) is 5.43 Å². The second-order valence-corrected chi connectivity index (χ2v) is 4.14. The first kappa shape index (κ1) is 13.8. The van der Waals surface area contributed by atoms with Gasteiger partial charge in [0.15, 0.2) is 0 Å². The molecule has 0 aliphatic rings. The smallest absolute Gasteiger partial charge is 0.275 e. The first-order valence-electron chi connectivity index (χ1n) is 6.30. The standard InChI is InChI=1S/C16H16N2O2/c1-20-15-10-6-5-9-14(15)16(19)18-17-12-11-13-7-3-2-4-8-13/h2-10,12H,11H2,1H3,(H,18,19). The third kappa shape index (κ3) is 3.68. The monoisotopic (exact) mass is 268 g/mol. The van der Waals surface area contributed by atoms with Crippen LogP contribution in [0.1, 0.15) is 15.9 Å². The molecule has 1 N–H and O–H groups in total. The van der Waals surface area contributed by atoms with Crippen molar-refractivity contribution in [3.63, 3.8) is 0 Å². The Hall–Kier alpha value is -2.62. The number of rotatable bonds is 5. The van der Waals surface area contributed by atoms with Crippen LogP contribution in [0.3, 0.4) is 0 Å². The lowest BCUT2D eigenvalue weighted by Gasteiger charge is -2.05. The van der Waals surface area contributed by atoms with E-state index in [9.17, 15) is 4.79 Å². The summed E-state index contributed by atoms with van der Waals surface area (Å²) in [5, 5.41) is 3.94. The fourth-order valence-electron chi connectivity index (χ4n) is 1.76. The zero-order valence-electron chi connectivity index (χ0n) is 11.2. The van der Waals surface area contributed by atoms with E-state index in [4.69, 9.17) is 4.74 Å². The van der Waals surface area contributed by atoms with Crippen molar-refractivity contribution in [2.75, 3.05) is 7.11 Å². The maximum Gasteiger partial charge on any atom is 0.275 e. The Morgan fingerprint density at radius 1 is 1.15 bits per heavy atom. The molecule has 4 nitrogen and oxygen atoms in total. The van der Waals surface area contributed by atoms with Crippen LogP contribution in [-0.4, -0.2) is 19.2 Å². The maximum absolute atomic E-state index is 11.9. The zero-order valence-corrected chi connectivity index (χ0v) is 11.2. The molecule has 0 unspecified atom stereocenters. The van der Waals surface area contributed by atoms with Crippen molar-refractivity contribution >= 4 is 12.1 Å². The minimum absolute atomic E-state index is 0.285. The van der Waals surface area contributed by atoms with Crippen molar-refractivity contribution in [3.8, 4) is 5.75 Å². The Bertz CT molecular complexity index is 594. The van der Waals surface area contributed by atoms with Gasteiger partial charge in [0, 0.05) is 12.6 Å². The highest BCUT2D eigenvalue weighted by molar-refractivity contribution is 5.97. The average molecular weight is 268 g/mol. The summed E-state index contributed by atoms with van der Waals surface area (Å²) >= 11 is 0. The summed E-state index contributed by atoms with van der Waals surface area (Å²) in [6.45, 7) is 0. The van der Waals surface area contributed by atoms with Gasteiger partial charge in [-0.15, -0.1) is 0 Å². The van der Waals surface area contributed by atoms with E-state index in [0.29, 0.717) is 17.7 Å². The van der Waals surface area contributed by atoms with Gasteiger partial charge in [-0.25, -0.2) is 5.43 Å². The number of carbonyl (C=O) groups is 1. The molecule has 0 fully saturated rings. The molecule has 0 heterocycles. The van der Waals surface area contributed by atoms with Crippen molar-refractivity contribution < 1.29 is 9.53 Å². The Labute approximate surface area is 118 Å². The number of hydrogen-bond donors (Lipinski definition) is 1. The van der Waals surface area contributed by atoms with E-state index < -0.39 is 0 Å². The van der Waals surface area contributed by atoms with E-state index in [0.717, 1.165) is 5.56 Å². The second kappa shape index (κ2) is 7.09. The lowest BCUT2D eigenvalue weighted by Crippen LogP contribution is -2.18. The number of amides is 1. The number of para-hydroxylation sites is 1. The van der Waals surface area contributed by atoms with Crippen molar-refractivity contribution in [1.29, 1.82) is 0 Å². The molecule has 0 spiro atoms. The highest BCUT2D eigenvalue weighted by Crippen LogP contribution is 2.16. The Morgan fingerprint density at radius 2 is 1.85 bits per heavy atom. The SMILES string of the molecule is COc1ccccc1C(=O)NN=CCc1ccccc1. The predicted molar refractivity (Wildman–Crippen MR) is 79.1 cm³/mol. The van der Waals surface area contributed by atoms with Gasteiger partial charge in [-0.2, -0.15) is 5.10 Å². The summed E-state index contributed by atoms with van der Waals surface area (Å²) in [6.07, 6.45) is 2.34. The minimum Gasteiger partial charge on any atom is -0.496 e. The number of hydrogen-bond acceptors (Lipinski definition) is 3. The fraction of sp³-hybridized carbons (Fsp3) is 0.125. The van der Waals surface area contributed by atoms with Gasteiger partial charge in [0.25, 0.3) is 5.91 Å². The van der Waals surface area contributed by atoms with Gasteiger partial charge in [-0.3, -0.25) is 4.79 Å². The van der Waals surface area contributed by atoms with Crippen LogP contribution in [0.15, 0.2) is 59.7 Å². The fourth-order valence-corrected chi connectivity index (χ4v) is 1.76. The molecule has 0 radical (unpaired) electrons. The van der Waals surface area contributed by atoms with Gasteiger partial charge in [0.05, 0.1) is 12.7 Å². The minimum atomic E-state index is -0.285. The molecule has 2 rings (SSSR count). The molecule has 1 amide bonds. The van der Waals surface area contributed by atoms with Crippen LogP contribution >= 0.6 is 0 Å². The zero-order chi connectivity index (χ0) is 14.2. The second-order valence-electron chi connectivity index (χ2n) is 4.14. The van der Waals surface area contributed by atoms with Crippen LogP contribution in [0.4, 0.5) is 0 Å². The Kier molecular flexibility index (Phi) is 4.89. The first-order chi connectivity index (χ1) is 9.81. The number of benzene rings is 2. The van der Waals surface area contributed by atoms with E-state index >= 15 is 0 Å². The highest BCUT2D eigenvalue weighted by atomic mass is 16.5. The molecular formula is C16H16N2O2.